The summed E-state index contributed by atoms with van der Waals surface area (Å²) in [4.78, 5) is 39.2. The molecule has 10 heteroatoms. The van der Waals surface area contributed by atoms with Gasteiger partial charge in [-0.1, -0.05) is 11.6 Å². The third-order valence-electron chi connectivity index (χ3n) is 5.38. The van der Waals surface area contributed by atoms with Crippen LogP contribution in [0.2, 0.25) is 5.02 Å². The van der Waals surface area contributed by atoms with Gasteiger partial charge < -0.3 is 9.80 Å². The van der Waals surface area contributed by atoms with Crippen molar-refractivity contribution in [1.82, 2.24) is 19.6 Å². The molecule has 2 amide bonds. The predicted molar refractivity (Wildman–Crippen MR) is 105 cm³/mol. The van der Waals surface area contributed by atoms with Crippen LogP contribution in [0.4, 0.5) is 5.69 Å². The summed E-state index contributed by atoms with van der Waals surface area (Å²) in [5.74, 6) is -0.435. The fourth-order valence-corrected chi connectivity index (χ4v) is 3.95. The first kappa shape index (κ1) is 19.4. The van der Waals surface area contributed by atoms with E-state index in [1.165, 1.54) is 18.2 Å². The Balaban J connectivity index is 1.41. The number of nitro groups is 1. The number of fused-ring (bicyclic) bond motifs is 1. The van der Waals surface area contributed by atoms with Crippen molar-refractivity contribution in [2.45, 2.75) is 25.8 Å². The van der Waals surface area contributed by atoms with E-state index in [2.05, 4.69) is 5.10 Å². The molecule has 2 aliphatic rings. The van der Waals surface area contributed by atoms with Crippen LogP contribution < -0.4 is 0 Å². The van der Waals surface area contributed by atoms with E-state index in [4.69, 9.17) is 11.6 Å². The van der Waals surface area contributed by atoms with Crippen molar-refractivity contribution in [3.63, 3.8) is 0 Å². The lowest BCUT2D eigenvalue weighted by atomic mass is 10.1. The van der Waals surface area contributed by atoms with E-state index in [0.717, 1.165) is 31.5 Å². The van der Waals surface area contributed by atoms with Crippen molar-refractivity contribution >= 4 is 29.1 Å². The standard InChI is InChI=1S/C19H20ClN5O4/c20-15-5-4-13(11-17(15)25(28)29)18(26)22-7-9-23(10-8-22)19(27)16-12-14-3-1-2-6-24(14)21-16/h4-5,11-12H,1-3,6-10H2. The molecule has 2 aromatic rings. The highest BCUT2D eigenvalue weighted by atomic mass is 35.5. The molecule has 3 heterocycles. The fourth-order valence-electron chi connectivity index (χ4n) is 3.77. The van der Waals surface area contributed by atoms with E-state index in [0.29, 0.717) is 31.9 Å². The largest absolute Gasteiger partial charge is 0.335 e. The van der Waals surface area contributed by atoms with Gasteiger partial charge in [0.2, 0.25) is 0 Å². The average molecular weight is 418 g/mol. The molecule has 0 N–H and O–H groups in total. The van der Waals surface area contributed by atoms with Crippen molar-refractivity contribution < 1.29 is 14.5 Å². The van der Waals surface area contributed by atoms with Crippen LogP contribution in [0, 0.1) is 10.1 Å². The number of carbonyl (C=O) groups excluding carboxylic acids is 2. The summed E-state index contributed by atoms with van der Waals surface area (Å²) in [5.41, 5.74) is 1.46. The number of nitrogens with zero attached hydrogens (tertiary/aromatic N) is 5. The van der Waals surface area contributed by atoms with Gasteiger partial charge >= 0.3 is 0 Å². The Hall–Kier alpha value is -2.94. The second-order valence-corrected chi connectivity index (χ2v) is 7.62. The number of hydrogen-bond acceptors (Lipinski definition) is 5. The number of nitro benzene ring substituents is 1. The smallest absolute Gasteiger partial charge is 0.288 e. The lowest BCUT2D eigenvalue weighted by Crippen LogP contribution is -2.50. The van der Waals surface area contributed by atoms with Gasteiger partial charge in [0.05, 0.1) is 4.92 Å². The summed E-state index contributed by atoms with van der Waals surface area (Å²) < 4.78 is 1.91. The number of piperazine rings is 1. The van der Waals surface area contributed by atoms with E-state index < -0.39 is 4.92 Å². The lowest BCUT2D eigenvalue weighted by molar-refractivity contribution is -0.384. The van der Waals surface area contributed by atoms with Crippen LogP contribution >= 0.6 is 11.6 Å². The molecular formula is C19H20ClN5O4. The van der Waals surface area contributed by atoms with Crippen molar-refractivity contribution in [2.75, 3.05) is 26.2 Å². The first-order valence-corrected chi connectivity index (χ1v) is 9.91. The lowest BCUT2D eigenvalue weighted by Gasteiger charge is -2.34. The minimum Gasteiger partial charge on any atom is -0.335 e. The van der Waals surface area contributed by atoms with E-state index in [9.17, 15) is 19.7 Å². The summed E-state index contributed by atoms with van der Waals surface area (Å²) in [5, 5.41) is 15.5. The Morgan fingerprint density at radius 3 is 2.34 bits per heavy atom. The predicted octanol–water partition coefficient (Wildman–Crippen LogP) is 2.38. The molecule has 1 aromatic heterocycles. The number of benzene rings is 1. The van der Waals surface area contributed by atoms with E-state index in [1.807, 2.05) is 10.7 Å². The van der Waals surface area contributed by atoms with E-state index >= 15 is 0 Å². The number of hydrogen-bond donors (Lipinski definition) is 0. The molecule has 0 atom stereocenters. The molecule has 0 bridgehead atoms. The number of amides is 2. The summed E-state index contributed by atoms with van der Waals surface area (Å²) in [6.45, 7) is 2.34. The van der Waals surface area contributed by atoms with Crippen molar-refractivity contribution in [3.05, 3.63) is 56.4 Å². The van der Waals surface area contributed by atoms with Crippen LogP contribution in [-0.4, -0.2) is 62.5 Å². The van der Waals surface area contributed by atoms with Crippen molar-refractivity contribution in [3.8, 4) is 0 Å². The highest BCUT2D eigenvalue weighted by molar-refractivity contribution is 6.32. The van der Waals surface area contributed by atoms with Gasteiger partial charge in [0, 0.05) is 50.0 Å². The fraction of sp³-hybridized carbons (Fsp3) is 0.421. The van der Waals surface area contributed by atoms with Gasteiger partial charge in [-0.3, -0.25) is 24.4 Å². The first-order valence-electron chi connectivity index (χ1n) is 9.53. The van der Waals surface area contributed by atoms with Crippen LogP contribution in [0.5, 0.6) is 0 Å². The Morgan fingerprint density at radius 2 is 1.69 bits per heavy atom. The molecule has 0 saturated carbocycles. The zero-order valence-corrected chi connectivity index (χ0v) is 16.5. The topological polar surface area (TPSA) is 102 Å². The molecule has 1 saturated heterocycles. The van der Waals surface area contributed by atoms with Gasteiger partial charge in [-0.2, -0.15) is 5.10 Å². The second-order valence-electron chi connectivity index (χ2n) is 7.21. The number of rotatable bonds is 3. The van der Waals surface area contributed by atoms with Gasteiger partial charge in [-0.25, -0.2) is 0 Å². The highest BCUT2D eigenvalue weighted by Gasteiger charge is 2.28. The van der Waals surface area contributed by atoms with Gasteiger partial charge in [-0.05, 0) is 37.5 Å². The molecule has 29 heavy (non-hydrogen) atoms. The summed E-state index contributed by atoms with van der Waals surface area (Å²) in [6.07, 6.45) is 3.13. The maximum Gasteiger partial charge on any atom is 0.288 e. The zero-order chi connectivity index (χ0) is 20.5. The van der Waals surface area contributed by atoms with Gasteiger partial charge in [0.15, 0.2) is 5.69 Å². The molecular weight excluding hydrogens is 398 g/mol. The molecule has 0 spiro atoms. The van der Waals surface area contributed by atoms with Gasteiger partial charge in [-0.15, -0.1) is 0 Å². The molecule has 1 fully saturated rings. The maximum absolute atomic E-state index is 12.8. The number of aromatic nitrogens is 2. The molecule has 152 valence electrons. The molecule has 0 aliphatic carbocycles. The number of halogens is 1. The molecule has 1 aromatic carbocycles. The Bertz CT molecular complexity index is 957. The van der Waals surface area contributed by atoms with Gasteiger partial charge in [0.25, 0.3) is 17.5 Å². The normalized spacial score (nSPS) is 16.4. The quantitative estimate of drug-likeness (QED) is 0.563. The van der Waals surface area contributed by atoms with Crippen LogP contribution in [0.15, 0.2) is 24.3 Å². The number of aryl methyl sites for hydroxylation is 2. The van der Waals surface area contributed by atoms with E-state index in [1.54, 1.807) is 9.80 Å². The Morgan fingerprint density at radius 1 is 1.00 bits per heavy atom. The summed E-state index contributed by atoms with van der Waals surface area (Å²) in [6, 6.07) is 5.89. The SMILES string of the molecule is O=C(c1ccc(Cl)c([N+](=O)[O-])c1)N1CCN(C(=O)c2cc3n(n2)CCCC3)CC1. The Labute approximate surface area is 172 Å². The minimum atomic E-state index is -0.611. The third-order valence-corrected chi connectivity index (χ3v) is 5.70. The third kappa shape index (κ3) is 3.82. The van der Waals surface area contributed by atoms with Crippen LogP contribution in [-0.2, 0) is 13.0 Å². The molecule has 4 rings (SSSR count). The van der Waals surface area contributed by atoms with E-state index in [-0.39, 0.29) is 28.1 Å². The zero-order valence-electron chi connectivity index (χ0n) is 15.7. The van der Waals surface area contributed by atoms with Crippen LogP contribution in [0.25, 0.3) is 0 Å². The van der Waals surface area contributed by atoms with Crippen LogP contribution in [0.1, 0.15) is 39.4 Å². The monoisotopic (exact) mass is 417 g/mol. The van der Waals surface area contributed by atoms with Crippen molar-refractivity contribution in [1.29, 1.82) is 0 Å². The molecule has 9 nitrogen and oxygen atoms in total. The maximum atomic E-state index is 12.8. The highest BCUT2D eigenvalue weighted by Crippen LogP contribution is 2.26. The average Bonchev–Trinajstić information content (AvgIpc) is 3.17. The minimum absolute atomic E-state index is 0.00951. The molecule has 0 radical (unpaired) electrons. The first-order chi connectivity index (χ1) is 13.9. The summed E-state index contributed by atoms with van der Waals surface area (Å²) in [7, 11) is 0. The van der Waals surface area contributed by atoms with Crippen LogP contribution in [0.3, 0.4) is 0 Å². The number of carbonyl (C=O) groups is 2. The molecule has 2 aliphatic heterocycles. The van der Waals surface area contributed by atoms with Crippen molar-refractivity contribution in [2.24, 2.45) is 0 Å². The summed E-state index contributed by atoms with van der Waals surface area (Å²) >= 11 is 5.81. The second kappa shape index (κ2) is 7.82. The molecule has 0 unspecified atom stereocenters. The Kier molecular flexibility index (Phi) is 5.23. The van der Waals surface area contributed by atoms with Gasteiger partial charge in [0.1, 0.15) is 5.02 Å².